The van der Waals surface area contributed by atoms with Gasteiger partial charge in [0.2, 0.25) is 0 Å². The monoisotopic (exact) mass is 477 g/mol. The fourth-order valence-corrected chi connectivity index (χ4v) is 4.58. The van der Waals surface area contributed by atoms with Crippen LogP contribution in [0.2, 0.25) is 0 Å². The summed E-state index contributed by atoms with van der Waals surface area (Å²) < 4.78 is 82.5. The predicted molar refractivity (Wildman–Crippen MR) is 107 cm³/mol. The zero-order valence-corrected chi connectivity index (χ0v) is 17.5. The van der Waals surface area contributed by atoms with Gasteiger partial charge < -0.3 is 0 Å². The lowest BCUT2D eigenvalue weighted by Crippen LogP contribution is -2.12. The summed E-state index contributed by atoms with van der Waals surface area (Å²) in [5, 5.41) is 0.0569. The molecule has 4 aromatic heterocycles. The largest absolute Gasteiger partial charge is 0.462 e. The summed E-state index contributed by atoms with van der Waals surface area (Å²) in [7, 11) is 0. The lowest BCUT2D eigenvalue weighted by molar-refractivity contribution is -0.142. The Morgan fingerprint density at radius 2 is 1.71 bits per heavy atom. The van der Waals surface area contributed by atoms with E-state index in [-0.39, 0.29) is 33.4 Å². The van der Waals surface area contributed by atoms with Crippen LogP contribution in [0.15, 0.2) is 35.4 Å². The topological polar surface area (TPSA) is 48.0 Å². The summed E-state index contributed by atoms with van der Waals surface area (Å²) in [5.74, 6) is 0.153. The standard InChI is InChI=1S/C18H13F6N5S2/c1-3-30-16-13(27-12-6-4-5-11(28(12)16)17(19,20)21)15-26-10-8-7-9(2)25-14(10)29(15)31-18(22,23)24/h4-8H,3H2,1-2H3. The number of fused-ring (bicyclic) bond motifs is 2. The molecule has 164 valence electrons. The van der Waals surface area contributed by atoms with Gasteiger partial charge in [-0.3, -0.25) is 4.40 Å². The molecule has 4 heterocycles. The Morgan fingerprint density at radius 1 is 0.968 bits per heavy atom. The molecule has 0 aliphatic rings. The van der Waals surface area contributed by atoms with Crippen molar-refractivity contribution >= 4 is 40.5 Å². The Morgan fingerprint density at radius 3 is 2.35 bits per heavy atom. The second kappa shape index (κ2) is 7.62. The molecule has 0 saturated heterocycles. The van der Waals surface area contributed by atoms with Crippen LogP contribution in [0.4, 0.5) is 26.3 Å². The van der Waals surface area contributed by atoms with E-state index in [0.717, 1.165) is 26.2 Å². The van der Waals surface area contributed by atoms with E-state index in [1.165, 1.54) is 18.2 Å². The van der Waals surface area contributed by atoms with Crippen LogP contribution < -0.4 is 0 Å². The molecule has 0 N–H and O–H groups in total. The molecule has 0 radical (unpaired) electrons. The van der Waals surface area contributed by atoms with E-state index in [9.17, 15) is 26.3 Å². The quantitative estimate of drug-likeness (QED) is 0.259. The minimum Gasteiger partial charge on any atom is -0.282 e. The van der Waals surface area contributed by atoms with Crippen LogP contribution >= 0.6 is 23.7 Å². The van der Waals surface area contributed by atoms with Crippen molar-refractivity contribution in [2.24, 2.45) is 0 Å². The number of hydrogen-bond donors (Lipinski definition) is 0. The number of rotatable bonds is 4. The lowest BCUT2D eigenvalue weighted by Gasteiger charge is -2.12. The molecule has 0 bridgehead atoms. The van der Waals surface area contributed by atoms with Gasteiger partial charge in [-0.2, -0.15) is 26.3 Å². The van der Waals surface area contributed by atoms with E-state index in [1.807, 2.05) is 0 Å². The minimum atomic E-state index is -4.68. The molecule has 4 rings (SSSR count). The number of aromatic nitrogens is 5. The van der Waals surface area contributed by atoms with Crippen LogP contribution in [0, 0.1) is 6.92 Å². The SMILES string of the molecule is CCSc1c(-c2nc3ccc(C)nc3n2SC(F)(F)F)nc2cccc(C(F)(F)F)n12. The number of alkyl halides is 6. The molecule has 31 heavy (non-hydrogen) atoms. The second-order valence-electron chi connectivity index (χ2n) is 6.36. The van der Waals surface area contributed by atoms with Gasteiger partial charge >= 0.3 is 11.7 Å². The second-order valence-corrected chi connectivity index (χ2v) is 8.63. The summed E-state index contributed by atoms with van der Waals surface area (Å²) in [4.78, 5) is 12.6. The Balaban J connectivity index is 2.07. The summed E-state index contributed by atoms with van der Waals surface area (Å²) in [6, 6.07) is 6.57. The molecule has 5 nitrogen and oxygen atoms in total. The van der Waals surface area contributed by atoms with Gasteiger partial charge in [-0.05, 0) is 36.9 Å². The van der Waals surface area contributed by atoms with Crippen LogP contribution in [0.1, 0.15) is 18.3 Å². The maximum Gasteiger partial charge on any atom is 0.462 e. The van der Waals surface area contributed by atoms with E-state index in [4.69, 9.17) is 0 Å². The summed E-state index contributed by atoms with van der Waals surface area (Å²) in [5.41, 5.74) is -5.16. The zero-order chi connectivity index (χ0) is 22.6. The Bertz CT molecular complexity index is 1270. The first-order chi connectivity index (χ1) is 14.5. The van der Waals surface area contributed by atoms with Gasteiger partial charge in [0.1, 0.15) is 27.6 Å². The van der Waals surface area contributed by atoms with Gasteiger partial charge in [0.15, 0.2) is 11.5 Å². The number of nitrogens with zero attached hydrogens (tertiary/aromatic N) is 5. The minimum absolute atomic E-state index is 0.0412. The van der Waals surface area contributed by atoms with Gasteiger partial charge in [0.05, 0.1) is 11.9 Å². The van der Waals surface area contributed by atoms with Crippen molar-refractivity contribution in [3.05, 3.63) is 41.7 Å². The van der Waals surface area contributed by atoms with Crippen LogP contribution in [-0.4, -0.2) is 34.6 Å². The molecule has 0 fully saturated rings. The molecule has 0 atom stereocenters. The lowest BCUT2D eigenvalue weighted by atomic mass is 10.3. The van der Waals surface area contributed by atoms with E-state index in [0.29, 0.717) is 11.4 Å². The van der Waals surface area contributed by atoms with Crippen molar-refractivity contribution < 1.29 is 26.3 Å². The maximum atomic E-state index is 13.6. The number of thioether (sulfide) groups is 1. The van der Waals surface area contributed by atoms with E-state index >= 15 is 0 Å². The average molecular weight is 477 g/mol. The molecule has 0 aromatic carbocycles. The van der Waals surface area contributed by atoms with Gasteiger partial charge in [-0.25, -0.2) is 18.9 Å². The van der Waals surface area contributed by atoms with Crippen molar-refractivity contribution in [3.8, 4) is 11.5 Å². The van der Waals surface area contributed by atoms with Crippen molar-refractivity contribution in [1.82, 2.24) is 23.3 Å². The third kappa shape index (κ3) is 4.07. The highest BCUT2D eigenvalue weighted by Gasteiger charge is 2.37. The maximum absolute atomic E-state index is 13.6. The van der Waals surface area contributed by atoms with Crippen LogP contribution in [0.25, 0.3) is 28.3 Å². The molecule has 0 spiro atoms. The Labute approximate surface area is 180 Å². The van der Waals surface area contributed by atoms with Gasteiger partial charge in [0.25, 0.3) is 0 Å². The number of pyridine rings is 2. The number of halogens is 6. The summed E-state index contributed by atoms with van der Waals surface area (Å²) >= 11 is 0.564. The number of imidazole rings is 2. The Hall–Kier alpha value is -2.41. The Kier molecular flexibility index (Phi) is 5.36. The summed E-state index contributed by atoms with van der Waals surface area (Å²) in [6.45, 7) is 3.34. The van der Waals surface area contributed by atoms with Crippen LogP contribution in [0.5, 0.6) is 0 Å². The molecule has 0 amide bonds. The highest BCUT2D eigenvalue weighted by Crippen LogP contribution is 2.41. The average Bonchev–Trinajstić information content (AvgIpc) is 3.18. The van der Waals surface area contributed by atoms with Gasteiger partial charge in [-0.15, -0.1) is 11.8 Å². The van der Waals surface area contributed by atoms with Crippen molar-refractivity contribution in [3.63, 3.8) is 0 Å². The smallest absolute Gasteiger partial charge is 0.282 e. The normalized spacial score (nSPS) is 12.9. The van der Waals surface area contributed by atoms with Crippen LogP contribution in [-0.2, 0) is 6.18 Å². The van der Waals surface area contributed by atoms with Gasteiger partial charge in [-0.1, -0.05) is 13.0 Å². The van der Waals surface area contributed by atoms with Crippen LogP contribution in [0.3, 0.4) is 0 Å². The molecular weight excluding hydrogens is 464 g/mol. The molecule has 0 unspecified atom stereocenters. The molecular formula is C18H13F6N5S2. The molecule has 0 saturated carbocycles. The van der Waals surface area contributed by atoms with E-state index in [1.54, 1.807) is 19.9 Å². The van der Waals surface area contributed by atoms with Crippen molar-refractivity contribution in [2.75, 3.05) is 5.75 Å². The van der Waals surface area contributed by atoms with Gasteiger partial charge in [0, 0.05) is 5.69 Å². The number of hydrogen-bond acceptors (Lipinski definition) is 5. The first-order valence-corrected chi connectivity index (χ1v) is 10.6. The van der Waals surface area contributed by atoms with Crippen molar-refractivity contribution in [2.45, 2.75) is 30.6 Å². The molecule has 13 heteroatoms. The molecule has 0 aliphatic carbocycles. The third-order valence-corrected chi connectivity index (χ3v) is 5.86. The highest BCUT2D eigenvalue weighted by atomic mass is 32.2. The number of aryl methyl sites for hydroxylation is 1. The van der Waals surface area contributed by atoms with E-state index < -0.39 is 29.3 Å². The zero-order valence-electron chi connectivity index (χ0n) is 15.9. The fraction of sp³-hybridized carbons (Fsp3) is 0.278. The predicted octanol–water partition coefficient (Wildman–Crippen LogP) is 6.20. The first-order valence-electron chi connectivity index (χ1n) is 8.83. The summed E-state index contributed by atoms with van der Waals surface area (Å²) in [6.07, 6.45) is -4.68. The molecule has 0 aliphatic heterocycles. The molecule has 4 aromatic rings. The highest BCUT2D eigenvalue weighted by molar-refractivity contribution is 7.99. The van der Waals surface area contributed by atoms with E-state index in [2.05, 4.69) is 15.0 Å². The van der Waals surface area contributed by atoms with Crippen molar-refractivity contribution in [1.29, 1.82) is 0 Å². The first kappa shape index (κ1) is 21.8. The third-order valence-electron chi connectivity index (χ3n) is 4.18. The fourth-order valence-electron chi connectivity index (χ4n) is 3.07.